The molecule has 2 heterocycles. The summed E-state index contributed by atoms with van der Waals surface area (Å²) < 4.78 is 4.85. The van der Waals surface area contributed by atoms with E-state index in [9.17, 15) is 0 Å². The van der Waals surface area contributed by atoms with Gasteiger partial charge in [-0.25, -0.2) is 0 Å². The Hall–Kier alpha value is -15.6. The minimum Gasteiger partial charge on any atom is -0.311 e. The third kappa shape index (κ3) is 17.4. The second-order valence-corrected chi connectivity index (χ2v) is 37.9. The number of anilines is 6. The minimum atomic E-state index is 0.429. The number of hydrogen-bond acceptors (Lipinski definition) is 2. The van der Waals surface area contributed by atoms with E-state index < -0.39 is 0 Å². The lowest BCUT2D eigenvalue weighted by Gasteiger charge is -2.25. The van der Waals surface area contributed by atoms with E-state index in [0.717, 1.165) is 59.8 Å². The van der Waals surface area contributed by atoms with Crippen LogP contribution in [-0.4, -0.2) is 9.13 Å². The first kappa shape index (κ1) is 85.8. The molecule has 0 amide bonds. The van der Waals surface area contributed by atoms with Gasteiger partial charge >= 0.3 is 0 Å². The number of hydrogen-bond donors (Lipinski definition) is 0. The van der Waals surface area contributed by atoms with E-state index >= 15 is 0 Å². The molecule has 660 valence electrons. The van der Waals surface area contributed by atoms with Gasteiger partial charge in [0.05, 0.1) is 22.1 Å². The zero-order valence-corrected chi connectivity index (χ0v) is 78.5. The molecule has 4 unspecified atom stereocenters. The molecule has 23 rings (SSSR count). The molecule has 136 heavy (non-hydrogen) atoms. The van der Waals surface area contributed by atoms with Crippen molar-refractivity contribution in [2.75, 3.05) is 9.80 Å². The molecule has 0 bridgehead atoms. The number of para-hydroxylation sites is 4. The van der Waals surface area contributed by atoms with E-state index in [-0.39, 0.29) is 0 Å². The van der Waals surface area contributed by atoms with Gasteiger partial charge in [-0.2, -0.15) is 0 Å². The number of benzene rings is 19. The summed E-state index contributed by atoms with van der Waals surface area (Å²) in [5.41, 5.74) is 45.7. The zero-order chi connectivity index (χ0) is 91.7. The van der Waals surface area contributed by atoms with Crippen LogP contribution in [0.15, 0.2) is 449 Å². The average Bonchev–Trinajstić information content (AvgIpc) is 1.59. The molecule has 0 saturated carbocycles. The third-order valence-electron chi connectivity index (χ3n) is 29.4. The number of rotatable bonds is 25. The molecule has 0 radical (unpaired) electrons. The molecule has 4 heteroatoms. The highest BCUT2D eigenvalue weighted by atomic mass is 15.1. The first-order valence-corrected chi connectivity index (χ1v) is 49.0. The summed E-state index contributed by atoms with van der Waals surface area (Å²) in [5, 5.41) is 5.00. The fraction of sp³-hybridized carbons (Fsp3) is 0.136. The lowest BCUT2D eigenvalue weighted by molar-refractivity contribution is 0.544. The van der Waals surface area contributed by atoms with Crippen LogP contribution in [0.1, 0.15) is 133 Å². The molecular weight excluding hydrogens is 1640 g/mol. The SMILES string of the molecule is CCC(CC(C)c1ccc(-c2ccc3c(c2)c2cc(-c4ccc(N(c5ccccc5)c5ccccc5)cc4)ccc2n3-c2ccc(C)cc2)cc1)c1ccc(-c2ccc(-c3ccc4c(c3)CC4)cc2)cc1.CCC(CC(C)c1ccc(-c2ccc3c(c2)c2cc(-c4ccc(N(c5ccccc5)c5ccccc5)cc4)ccc2n3-c2ccc(C)cc2)cc1)c1ccc(-c2ccc3c(c2)CC3)cc1. The van der Waals surface area contributed by atoms with Gasteiger partial charge in [0.2, 0.25) is 0 Å². The molecule has 0 N–H and O–H groups in total. The number of aromatic nitrogens is 2. The van der Waals surface area contributed by atoms with Crippen LogP contribution in [0.25, 0.3) is 133 Å². The van der Waals surface area contributed by atoms with Gasteiger partial charge in [0.25, 0.3) is 0 Å². The lowest BCUT2D eigenvalue weighted by Crippen LogP contribution is -2.09. The molecule has 0 spiro atoms. The van der Waals surface area contributed by atoms with Crippen LogP contribution in [0, 0.1) is 13.8 Å². The van der Waals surface area contributed by atoms with Crippen LogP contribution in [-0.2, 0) is 25.7 Å². The Morgan fingerprint density at radius 3 is 0.691 bits per heavy atom. The Bertz CT molecular complexity index is 7740. The van der Waals surface area contributed by atoms with Crippen LogP contribution < -0.4 is 9.80 Å². The van der Waals surface area contributed by atoms with Crippen molar-refractivity contribution in [3.05, 3.63) is 505 Å². The number of fused-ring (bicyclic) bond motifs is 8. The Morgan fingerprint density at radius 1 is 0.213 bits per heavy atom. The molecule has 21 aromatic rings. The second kappa shape index (κ2) is 37.8. The molecule has 19 aromatic carbocycles. The van der Waals surface area contributed by atoms with Crippen molar-refractivity contribution in [1.82, 2.24) is 9.13 Å². The topological polar surface area (TPSA) is 16.3 Å². The van der Waals surface area contributed by atoms with E-state index in [2.05, 4.69) is 509 Å². The minimum absolute atomic E-state index is 0.429. The molecule has 0 saturated heterocycles. The van der Waals surface area contributed by atoms with Crippen molar-refractivity contribution < 1.29 is 0 Å². The zero-order valence-electron chi connectivity index (χ0n) is 78.5. The predicted molar refractivity (Wildman–Crippen MR) is 578 cm³/mol. The molecular formula is C132H112N4. The van der Waals surface area contributed by atoms with Crippen LogP contribution in [0.2, 0.25) is 0 Å². The number of aryl methyl sites for hydroxylation is 6. The summed E-state index contributed by atoms with van der Waals surface area (Å²) in [7, 11) is 0. The Morgan fingerprint density at radius 2 is 0.434 bits per heavy atom. The molecule has 2 aliphatic carbocycles. The number of nitrogens with zero attached hydrogens (tertiary/aromatic N) is 4. The molecule has 2 aliphatic rings. The highest BCUT2D eigenvalue weighted by Gasteiger charge is 2.25. The molecule has 4 nitrogen and oxygen atoms in total. The maximum Gasteiger partial charge on any atom is 0.0541 e. The highest BCUT2D eigenvalue weighted by molar-refractivity contribution is 6.13. The van der Waals surface area contributed by atoms with Crippen LogP contribution in [0.3, 0.4) is 0 Å². The second-order valence-electron chi connectivity index (χ2n) is 37.9. The molecule has 2 aromatic heterocycles. The Balaban J connectivity index is 0.000000158. The summed E-state index contributed by atoms with van der Waals surface area (Å²) in [5.74, 6) is 1.89. The van der Waals surface area contributed by atoms with E-state index in [1.54, 1.807) is 0 Å². The fourth-order valence-electron chi connectivity index (χ4n) is 21.2. The van der Waals surface area contributed by atoms with Gasteiger partial charge in [-0.05, 0) is 357 Å². The van der Waals surface area contributed by atoms with Gasteiger partial charge in [0, 0.05) is 67.0 Å². The monoisotopic (exact) mass is 1750 g/mol. The smallest absolute Gasteiger partial charge is 0.0541 e. The van der Waals surface area contributed by atoms with E-state index in [4.69, 9.17) is 0 Å². The van der Waals surface area contributed by atoms with Crippen LogP contribution >= 0.6 is 0 Å². The maximum atomic E-state index is 2.42. The van der Waals surface area contributed by atoms with Crippen LogP contribution in [0.5, 0.6) is 0 Å². The Labute approximate surface area is 801 Å². The van der Waals surface area contributed by atoms with Gasteiger partial charge in [0.15, 0.2) is 0 Å². The van der Waals surface area contributed by atoms with Gasteiger partial charge in [-0.1, -0.05) is 342 Å². The predicted octanol–water partition coefficient (Wildman–Crippen LogP) is 36.4. The highest BCUT2D eigenvalue weighted by Crippen LogP contribution is 2.46. The van der Waals surface area contributed by atoms with Crippen molar-refractivity contribution in [2.45, 2.75) is 117 Å². The van der Waals surface area contributed by atoms with E-state index in [0.29, 0.717) is 23.7 Å². The average molecular weight is 1750 g/mol. The molecule has 0 fully saturated rings. The van der Waals surface area contributed by atoms with Crippen LogP contribution in [0.4, 0.5) is 34.1 Å². The summed E-state index contributed by atoms with van der Waals surface area (Å²) in [6.07, 6.45) is 9.37. The Kier molecular flexibility index (Phi) is 23.9. The fourth-order valence-corrected chi connectivity index (χ4v) is 21.2. The van der Waals surface area contributed by atoms with Crippen molar-refractivity contribution in [1.29, 1.82) is 0 Å². The van der Waals surface area contributed by atoms with Gasteiger partial charge in [-0.3, -0.25) is 0 Å². The van der Waals surface area contributed by atoms with Gasteiger partial charge < -0.3 is 18.9 Å². The summed E-state index contributed by atoms with van der Waals surface area (Å²) in [4.78, 5) is 4.63. The van der Waals surface area contributed by atoms with Crippen molar-refractivity contribution >= 4 is 77.7 Å². The summed E-state index contributed by atoms with van der Waals surface area (Å²) in [6, 6.07) is 167. The normalized spacial score (nSPS) is 13.0. The van der Waals surface area contributed by atoms with Gasteiger partial charge in [-0.15, -0.1) is 0 Å². The van der Waals surface area contributed by atoms with E-state index in [1.807, 2.05) is 0 Å². The van der Waals surface area contributed by atoms with Crippen molar-refractivity contribution in [2.24, 2.45) is 0 Å². The standard InChI is InChI=1S/C69H58N2.C63H54N2/c1-4-49(51-21-23-52(24-22-51)53-25-27-54(28-26-53)58-31-29-55-30-32-59(55)44-58)43-48(3)50-17-19-56(20-18-50)60-35-41-68-66(45-60)67-46-61(36-42-69(67)71(68)65-37-15-47(2)16-38-65)57-33-39-64(40-34-57)70(62-11-7-5-8-12-62)63-13-9-6-10-14-63;1-4-45(47-21-23-48(24-22-47)52-27-25-49-26-28-53(49)40-52)39-44(3)46-17-19-50(20-18-46)54-31-37-62-60(41-54)61-42-55(32-38-63(61)65(62)59-33-15-43(2)16-34-59)51-29-35-58(36-30-51)64(56-11-7-5-8-12-56)57-13-9-6-10-14-57/h5-29,31,33-42,44-46,48-49H,4,30,32,43H2,1-3H3;5-25,27,29-38,40-42,44-45H,4,26,28,39H2,1-3H3. The van der Waals surface area contributed by atoms with Crippen molar-refractivity contribution in [3.8, 4) is 89.3 Å². The molecule has 4 atom stereocenters. The van der Waals surface area contributed by atoms with Crippen molar-refractivity contribution in [3.63, 3.8) is 0 Å². The summed E-state index contributed by atoms with van der Waals surface area (Å²) >= 11 is 0. The lowest BCUT2D eigenvalue weighted by atomic mass is 9.83. The quantitative estimate of drug-likeness (QED) is 0.0567. The van der Waals surface area contributed by atoms with Gasteiger partial charge in [0.1, 0.15) is 0 Å². The maximum absolute atomic E-state index is 2.42. The first-order valence-electron chi connectivity index (χ1n) is 49.0. The summed E-state index contributed by atoms with van der Waals surface area (Å²) in [6.45, 7) is 13.8. The third-order valence-corrected chi connectivity index (χ3v) is 29.4. The largest absolute Gasteiger partial charge is 0.311 e. The van der Waals surface area contributed by atoms with E-state index in [1.165, 1.54) is 214 Å². The first-order chi connectivity index (χ1) is 66.9. The molecule has 0 aliphatic heterocycles.